The average molecular weight is 361 g/mol. The summed E-state index contributed by atoms with van der Waals surface area (Å²) in [6.45, 7) is 0.957. The predicted octanol–water partition coefficient (Wildman–Crippen LogP) is 1.56. The molecule has 2 heterocycles. The van der Waals surface area contributed by atoms with Gasteiger partial charge in [0.1, 0.15) is 17.2 Å². The molecule has 0 unspecified atom stereocenters. The van der Waals surface area contributed by atoms with E-state index in [-0.39, 0.29) is 32.1 Å². The van der Waals surface area contributed by atoms with Crippen molar-refractivity contribution >= 4 is 11.8 Å². The van der Waals surface area contributed by atoms with Gasteiger partial charge in [-0.1, -0.05) is 6.07 Å². The molecule has 1 aromatic heterocycles. The summed E-state index contributed by atoms with van der Waals surface area (Å²) in [5.74, 6) is -2.41. The molecule has 1 N–H and O–H groups in total. The fourth-order valence-electron chi connectivity index (χ4n) is 3.16. The van der Waals surface area contributed by atoms with Crippen LogP contribution in [0.1, 0.15) is 45.3 Å². The fraction of sp³-hybridized carbons (Fsp3) is 0.412. The molecule has 1 aliphatic carbocycles. The molecule has 26 heavy (non-hydrogen) atoms. The summed E-state index contributed by atoms with van der Waals surface area (Å²) < 4.78 is 27.6. The smallest absolute Gasteiger partial charge is 0.276 e. The van der Waals surface area contributed by atoms with E-state index in [0.717, 1.165) is 25.0 Å². The Balaban J connectivity index is 1.43. The molecule has 9 heteroatoms. The third-order valence-corrected chi connectivity index (χ3v) is 4.77. The summed E-state index contributed by atoms with van der Waals surface area (Å²) in [5, 5.41) is 10.5. The standard InChI is InChI=1S/C17H17F2N5O2/c18-11-2-1-3-12(19)13(11)16(25)23-6-8-24(9-7-23)17(26)15-14(10-4-5-10)20-22-21-15/h1-3,10H,4-9H2,(H,20,21,22). The Labute approximate surface area is 148 Å². The first-order valence-electron chi connectivity index (χ1n) is 8.49. The second-order valence-electron chi connectivity index (χ2n) is 6.51. The first-order valence-corrected chi connectivity index (χ1v) is 8.49. The van der Waals surface area contributed by atoms with E-state index >= 15 is 0 Å². The molecule has 2 amide bonds. The number of rotatable bonds is 3. The van der Waals surface area contributed by atoms with E-state index < -0.39 is 23.1 Å². The van der Waals surface area contributed by atoms with E-state index in [2.05, 4.69) is 15.4 Å². The highest BCUT2D eigenvalue weighted by atomic mass is 19.1. The van der Waals surface area contributed by atoms with E-state index in [0.29, 0.717) is 17.3 Å². The third-order valence-electron chi connectivity index (χ3n) is 4.77. The first-order chi connectivity index (χ1) is 12.6. The van der Waals surface area contributed by atoms with Gasteiger partial charge < -0.3 is 9.80 Å². The minimum atomic E-state index is -0.884. The van der Waals surface area contributed by atoms with Crippen molar-refractivity contribution in [3.8, 4) is 0 Å². The van der Waals surface area contributed by atoms with Crippen molar-refractivity contribution in [3.63, 3.8) is 0 Å². The Morgan fingerprint density at radius 3 is 2.12 bits per heavy atom. The van der Waals surface area contributed by atoms with Crippen molar-refractivity contribution < 1.29 is 18.4 Å². The van der Waals surface area contributed by atoms with Crippen molar-refractivity contribution in [3.05, 3.63) is 46.8 Å². The number of piperazine rings is 1. The number of H-pyrrole nitrogens is 1. The van der Waals surface area contributed by atoms with E-state index in [4.69, 9.17) is 0 Å². The van der Waals surface area contributed by atoms with Crippen molar-refractivity contribution in [2.45, 2.75) is 18.8 Å². The Hall–Kier alpha value is -2.84. The number of hydrogen-bond acceptors (Lipinski definition) is 4. The summed E-state index contributed by atoms with van der Waals surface area (Å²) >= 11 is 0. The summed E-state index contributed by atoms with van der Waals surface area (Å²) in [4.78, 5) is 28.0. The lowest BCUT2D eigenvalue weighted by atomic mass is 10.1. The lowest BCUT2D eigenvalue weighted by Gasteiger charge is -2.34. The van der Waals surface area contributed by atoms with Crippen LogP contribution < -0.4 is 0 Å². The quantitative estimate of drug-likeness (QED) is 0.899. The number of carbonyl (C=O) groups excluding carboxylic acids is 2. The van der Waals surface area contributed by atoms with Gasteiger partial charge in [-0.2, -0.15) is 15.4 Å². The maximum absolute atomic E-state index is 13.8. The second-order valence-corrected chi connectivity index (χ2v) is 6.51. The summed E-state index contributed by atoms with van der Waals surface area (Å²) in [7, 11) is 0. The molecule has 0 spiro atoms. The zero-order chi connectivity index (χ0) is 18.3. The minimum Gasteiger partial charge on any atom is -0.335 e. The van der Waals surface area contributed by atoms with Crippen molar-refractivity contribution in [1.82, 2.24) is 25.2 Å². The molecule has 1 aromatic carbocycles. The molecule has 2 aliphatic rings. The first kappa shape index (κ1) is 16.6. The van der Waals surface area contributed by atoms with Crippen LogP contribution in [0, 0.1) is 11.6 Å². The van der Waals surface area contributed by atoms with Gasteiger partial charge in [0.2, 0.25) is 0 Å². The van der Waals surface area contributed by atoms with Gasteiger partial charge in [0, 0.05) is 32.1 Å². The lowest BCUT2D eigenvalue weighted by Crippen LogP contribution is -2.51. The molecule has 2 fully saturated rings. The number of aromatic amines is 1. The SMILES string of the molecule is O=C(c1n[nH]nc1C1CC1)N1CCN(C(=O)c2c(F)cccc2F)CC1. The van der Waals surface area contributed by atoms with Gasteiger partial charge in [0.25, 0.3) is 11.8 Å². The van der Waals surface area contributed by atoms with Gasteiger partial charge in [-0.3, -0.25) is 9.59 Å². The molecule has 2 aromatic rings. The van der Waals surface area contributed by atoms with Crippen molar-refractivity contribution in [1.29, 1.82) is 0 Å². The minimum absolute atomic E-state index is 0.203. The summed E-state index contributed by atoms with van der Waals surface area (Å²) in [6.07, 6.45) is 2.01. The van der Waals surface area contributed by atoms with Crippen LogP contribution in [0.2, 0.25) is 0 Å². The summed E-state index contributed by atoms with van der Waals surface area (Å²) in [6, 6.07) is 3.33. The Morgan fingerprint density at radius 2 is 1.54 bits per heavy atom. The zero-order valence-electron chi connectivity index (χ0n) is 13.9. The van der Waals surface area contributed by atoms with E-state index in [1.54, 1.807) is 4.90 Å². The summed E-state index contributed by atoms with van der Waals surface area (Å²) in [5.41, 5.74) is 0.467. The van der Waals surface area contributed by atoms with Crippen molar-refractivity contribution in [2.24, 2.45) is 0 Å². The molecule has 7 nitrogen and oxygen atoms in total. The molecule has 1 saturated carbocycles. The largest absolute Gasteiger partial charge is 0.335 e. The van der Waals surface area contributed by atoms with Gasteiger partial charge in [-0.05, 0) is 25.0 Å². The number of nitrogens with one attached hydrogen (secondary N) is 1. The molecular formula is C17H17F2N5O2. The molecule has 0 atom stereocenters. The predicted molar refractivity (Wildman–Crippen MR) is 86.5 cm³/mol. The van der Waals surface area contributed by atoms with Crippen LogP contribution >= 0.6 is 0 Å². The molecule has 136 valence electrons. The van der Waals surface area contributed by atoms with E-state index in [1.165, 1.54) is 11.0 Å². The molecule has 4 rings (SSSR count). The van der Waals surface area contributed by atoms with Crippen LogP contribution in [0.15, 0.2) is 18.2 Å². The number of nitrogens with zero attached hydrogens (tertiary/aromatic N) is 4. The van der Waals surface area contributed by atoms with Crippen LogP contribution in [0.25, 0.3) is 0 Å². The number of carbonyl (C=O) groups is 2. The number of halogens is 2. The Bertz CT molecular complexity index is 836. The normalized spacial score (nSPS) is 17.5. The average Bonchev–Trinajstić information content (AvgIpc) is 3.37. The maximum atomic E-state index is 13.8. The van der Waals surface area contributed by atoms with Gasteiger partial charge in [-0.25, -0.2) is 8.78 Å². The van der Waals surface area contributed by atoms with Gasteiger partial charge in [-0.15, -0.1) is 0 Å². The van der Waals surface area contributed by atoms with Crippen LogP contribution in [-0.4, -0.2) is 63.2 Å². The lowest BCUT2D eigenvalue weighted by molar-refractivity contribution is 0.0526. The van der Waals surface area contributed by atoms with Gasteiger partial charge in [0.15, 0.2) is 5.69 Å². The number of amides is 2. The van der Waals surface area contributed by atoms with E-state index in [1.807, 2.05) is 0 Å². The van der Waals surface area contributed by atoms with Crippen LogP contribution in [0.3, 0.4) is 0 Å². The van der Waals surface area contributed by atoms with E-state index in [9.17, 15) is 18.4 Å². The number of hydrogen-bond donors (Lipinski definition) is 1. The highest BCUT2D eigenvalue weighted by Gasteiger charge is 2.35. The topological polar surface area (TPSA) is 82.2 Å². The number of benzene rings is 1. The zero-order valence-corrected chi connectivity index (χ0v) is 13.9. The fourth-order valence-corrected chi connectivity index (χ4v) is 3.16. The van der Waals surface area contributed by atoms with Gasteiger partial charge in [0.05, 0.1) is 5.69 Å². The van der Waals surface area contributed by atoms with Crippen LogP contribution in [0.4, 0.5) is 8.78 Å². The highest BCUT2D eigenvalue weighted by Crippen LogP contribution is 2.40. The number of aromatic nitrogens is 3. The molecule has 0 bridgehead atoms. The van der Waals surface area contributed by atoms with Crippen molar-refractivity contribution in [2.75, 3.05) is 26.2 Å². The highest BCUT2D eigenvalue weighted by molar-refractivity contribution is 5.96. The monoisotopic (exact) mass is 361 g/mol. The maximum Gasteiger partial charge on any atom is 0.276 e. The van der Waals surface area contributed by atoms with Crippen LogP contribution in [0.5, 0.6) is 0 Å². The Morgan fingerprint density at radius 1 is 0.962 bits per heavy atom. The van der Waals surface area contributed by atoms with Gasteiger partial charge >= 0.3 is 0 Å². The third kappa shape index (κ3) is 2.93. The van der Waals surface area contributed by atoms with Crippen LogP contribution in [-0.2, 0) is 0 Å². The second kappa shape index (κ2) is 6.47. The molecule has 0 radical (unpaired) electrons. The molecular weight excluding hydrogens is 344 g/mol. The Kier molecular flexibility index (Phi) is 4.14. The molecule has 1 aliphatic heterocycles. The molecule has 1 saturated heterocycles.